The topological polar surface area (TPSA) is 46.3 Å². The van der Waals surface area contributed by atoms with Crippen molar-refractivity contribution in [1.29, 1.82) is 0 Å². The maximum atomic E-state index is 14.2. The second-order valence-electron chi connectivity index (χ2n) is 7.23. The summed E-state index contributed by atoms with van der Waals surface area (Å²) in [5, 5.41) is 0. The highest BCUT2D eigenvalue weighted by Gasteiger charge is 2.20. The van der Waals surface area contributed by atoms with Crippen LogP contribution >= 0.6 is 0 Å². The molecule has 0 bridgehead atoms. The maximum absolute atomic E-state index is 14.2. The third-order valence-electron chi connectivity index (χ3n) is 4.83. The fraction of sp³-hybridized carbons (Fsp3) is 0.167. The van der Waals surface area contributed by atoms with E-state index in [-0.39, 0.29) is 31.0 Å². The van der Waals surface area contributed by atoms with Gasteiger partial charge in [0.1, 0.15) is 17.2 Å². The van der Waals surface area contributed by atoms with Crippen LogP contribution in [-0.4, -0.2) is 15.8 Å². The van der Waals surface area contributed by atoms with Crippen LogP contribution in [0.25, 0.3) is 11.1 Å². The molecule has 0 N–H and O–H groups in total. The van der Waals surface area contributed by atoms with Gasteiger partial charge in [0.2, 0.25) is 11.8 Å². The highest BCUT2D eigenvalue weighted by Crippen LogP contribution is 2.20. The fourth-order valence-corrected chi connectivity index (χ4v) is 3.30. The van der Waals surface area contributed by atoms with Crippen molar-refractivity contribution < 1.29 is 18.0 Å². The molecule has 30 heavy (non-hydrogen) atoms. The number of aryl methyl sites for hydroxylation is 1. The largest absolute Gasteiger partial charge is 0.439 e. The Hall–Kier alpha value is -3.54. The van der Waals surface area contributed by atoms with Gasteiger partial charge in [-0.15, -0.1) is 0 Å². The van der Waals surface area contributed by atoms with Gasteiger partial charge in [0, 0.05) is 12.1 Å². The van der Waals surface area contributed by atoms with E-state index in [0.717, 1.165) is 29.3 Å². The number of benzene rings is 3. The van der Waals surface area contributed by atoms with Crippen molar-refractivity contribution >= 4 is 17.0 Å². The minimum absolute atomic E-state index is 0.0509. The van der Waals surface area contributed by atoms with E-state index in [1.54, 1.807) is 0 Å². The molecule has 0 spiro atoms. The summed E-state index contributed by atoms with van der Waals surface area (Å²) in [6.07, 6.45) is 0.136. The van der Waals surface area contributed by atoms with Crippen molar-refractivity contribution in [2.75, 3.05) is 0 Å². The molecule has 0 saturated carbocycles. The highest BCUT2D eigenvalue weighted by molar-refractivity contribution is 5.79. The van der Waals surface area contributed by atoms with Crippen molar-refractivity contribution in [3.05, 3.63) is 101 Å². The van der Waals surface area contributed by atoms with Crippen LogP contribution in [0.2, 0.25) is 0 Å². The van der Waals surface area contributed by atoms with Gasteiger partial charge in [0.05, 0.1) is 13.0 Å². The minimum atomic E-state index is -0.567. The van der Waals surface area contributed by atoms with E-state index in [2.05, 4.69) is 4.98 Å². The molecule has 0 fully saturated rings. The zero-order chi connectivity index (χ0) is 21.1. The van der Waals surface area contributed by atoms with Crippen molar-refractivity contribution in [3.8, 4) is 0 Å². The SMILES string of the molecule is Cc1ccc2oc(CN(Cc3cc(F)ccc3F)C(=O)Cc3ccccc3)nc2c1. The van der Waals surface area contributed by atoms with Crippen LogP contribution in [0.15, 0.2) is 71.1 Å². The monoisotopic (exact) mass is 406 g/mol. The molecule has 0 atom stereocenters. The fourth-order valence-electron chi connectivity index (χ4n) is 3.30. The molecule has 0 aliphatic rings. The van der Waals surface area contributed by atoms with Gasteiger partial charge in [-0.2, -0.15) is 0 Å². The second-order valence-corrected chi connectivity index (χ2v) is 7.23. The third-order valence-corrected chi connectivity index (χ3v) is 4.83. The molecule has 4 rings (SSSR count). The summed E-state index contributed by atoms with van der Waals surface area (Å²) >= 11 is 0. The lowest BCUT2D eigenvalue weighted by Gasteiger charge is -2.22. The lowest BCUT2D eigenvalue weighted by Crippen LogP contribution is -2.32. The number of aromatic nitrogens is 1. The van der Waals surface area contributed by atoms with Gasteiger partial charge in [0.15, 0.2) is 5.58 Å². The van der Waals surface area contributed by atoms with E-state index in [1.165, 1.54) is 4.90 Å². The molecule has 0 aliphatic heterocycles. The van der Waals surface area contributed by atoms with Crippen LogP contribution in [0.4, 0.5) is 8.78 Å². The van der Waals surface area contributed by atoms with E-state index in [0.29, 0.717) is 17.0 Å². The number of carbonyl (C=O) groups excluding carboxylic acids is 1. The van der Waals surface area contributed by atoms with E-state index in [4.69, 9.17) is 4.42 Å². The number of carbonyl (C=O) groups is 1. The molecular formula is C24H20F2N2O2. The summed E-state index contributed by atoms with van der Waals surface area (Å²) in [6, 6.07) is 18.1. The lowest BCUT2D eigenvalue weighted by molar-refractivity contribution is -0.132. The van der Waals surface area contributed by atoms with Crippen molar-refractivity contribution in [2.45, 2.75) is 26.4 Å². The first kappa shape index (κ1) is 19.8. The van der Waals surface area contributed by atoms with Gasteiger partial charge in [-0.1, -0.05) is 36.4 Å². The van der Waals surface area contributed by atoms with E-state index < -0.39 is 11.6 Å². The number of fused-ring (bicyclic) bond motifs is 1. The lowest BCUT2D eigenvalue weighted by atomic mass is 10.1. The number of oxazole rings is 1. The molecule has 152 valence electrons. The first-order valence-electron chi connectivity index (χ1n) is 9.59. The molecule has 6 heteroatoms. The third kappa shape index (κ3) is 4.54. The number of nitrogens with zero attached hydrogens (tertiary/aromatic N) is 2. The minimum Gasteiger partial charge on any atom is -0.439 e. The Bertz CT molecular complexity index is 1190. The summed E-state index contributed by atoms with van der Waals surface area (Å²) in [5.41, 5.74) is 3.28. The van der Waals surface area contributed by atoms with Crippen molar-refractivity contribution in [3.63, 3.8) is 0 Å². The molecule has 0 saturated heterocycles. The summed E-state index contributed by atoms with van der Waals surface area (Å²) in [5.74, 6) is -1.02. The highest BCUT2D eigenvalue weighted by atomic mass is 19.1. The zero-order valence-corrected chi connectivity index (χ0v) is 16.4. The normalized spacial score (nSPS) is 11.0. The Labute approximate surface area is 172 Å². The number of halogens is 2. The van der Waals surface area contributed by atoms with Crippen LogP contribution in [0.3, 0.4) is 0 Å². The van der Waals surface area contributed by atoms with Gasteiger partial charge >= 0.3 is 0 Å². The van der Waals surface area contributed by atoms with Crippen molar-refractivity contribution in [1.82, 2.24) is 9.88 Å². The molecule has 1 aromatic heterocycles. The van der Waals surface area contributed by atoms with Gasteiger partial charge in [0.25, 0.3) is 0 Å². The maximum Gasteiger partial charge on any atom is 0.227 e. The molecule has 0 radical (unpaired) electrons. The smallest absolute Gasteiger partial charge is 0.227 e. The molecule has 1 amide bonds. The van der Waals surface area contributed by atoms with E-state index >= 15 is 0 Å². The summed E-state index contributed by atoms with van der Waals surface area (Å²) < 4.78 is 33.6. The van der Waals surface area contributed by atoms with Crippen LogP contribution in [0.1, 0.15) is 22.6 Å². The molecule has 1 heterocycles. The van der Waals surface area contributed by atoms with Gasteiger partial charge < -0.3 is 9.32 Å². The molecule has 4 aromatic rings. The first-order chi connectivity index (χ1) is 14.5. The number of rotatable bonds is 6. The predicted octanol–water partition coefficient (Wildman–Crippen LogP) is 5.19. The number of hydrogen-bond acceptors (Lipinski definition) is 3. The zero-order valence-electron chi connectivity index (χ0n) is 16.4. The van der Waals surface area contributed by atoms with Crippen LogP contribution < -0.4 is 0 Å². The van der Waals surface area contributed by atoms with Gasteiger partial charge in [-0.3, -0.25) is 4.79 Å². The Morgan fingerprint density at radius 2 is 1.80 bits per heavy atom. The molecule has 3 aromatic carbocycles. The molecule has 0 aliphatic carbocycles. The molecule has 0 unspecified atom stereocenters. The first-order valence-corrected chi connectivity index (χ1v) is 9.59. The Morgan fingerprint density at radius 3 is 2.60 bits per heavy atom. The molecular weight excluding hydrogens is 386 g/mol. The summed E-state index contributed by atoms with van der Waals surface area (Å²) in [7, 11) is 0. The Balaban J connectivity index is 1.62. The average Bonchev–Trinajstić information content (AvgIpc) is 3.12. The summed E-state index contributed by atoms with van der Waals surface area (Å²) in [6.45, 7) is 1.92. The van der Waals surface area contributed by atoms with Gasteiger partial charge in [-0.05, 0) is 48.4 Å². The standard InChI is InChI=1S/C24H20F2N2O2/c1-16-7-10-22-21(11-16)27-23(30-22)15-28(14-18-13-19(25)8-9-20(18)26)24(29)12-17-5-3-2-4-6-17/h2-11,13H,12,14-15H2,1H3. The van der Waals surface area contributed by atoms with Gasteiger partial charge in [-0.25, -0.2) is 13.8 Å². The Kier molecular flexibility index (Phi) is 5.57. The van der Waals surface area contributed by atoms with Crippen LogP contribution in [0.5, 0.6) is 0 Å². The average molecular weight is 406 g/mol. The number of amides is 1. The Morgan fingerprint density at radius 1 is 1.00 bits per heavy atom. The summed E-state index contributed by atoms with van der Waals surface area (Å²) in [4.78, 5) is 18.9. The van der Waals surface area contributed by atoms with Crippen LogP contribution in [-0.2, 0) is 24.3 Å². The predicted molar refractivity (Wildman–Crippen MR) is 110 cm³/mol. The van der Waals surface area contributed by atoms with E-state index in [1.807, 2.05) is 55.5 Å². The van der Waals surface area contributed by atoms with Crippen LogP contribution in [0, 0.1) is 18.6 Å². The van der Waals surface area contributed by atoms with E-state index in [9.17, 15) is 13.6 Å². The second kappa shape index (κ2) is 8.45. The quantitative estimate of drug-likeness (QED) is 0.443. The number of hydrogen-bond donors (Lipinski definition) is 0. The van der Waals surface area contributed by atoms with Crippen molar-refractivity contribution in [2.24, 2.45) is 0 Å². The molecule has 4 nitrogen and oxygen atoms in total.